The molecule has 1 fully saturated rings. The van der Waals surface area contributed by atoms with Crippen LogP contribution in [-0.4, -0.2) is 42.0 Å². The average molecular weight is 452 g/mol. The predicted octanol–water partition coefficient (Wildman–Crippen LogP) is 5.18. The Bertz CT molecular complexity index is 1090. The van der Waals surface area contributed by atoms with Crippen LogP contribution in [0.5, 0.6) is 11.5 Å². The maximum Gasteiger partial charge on any atom is 0.295 e. The molecule has 0 aromatic heterocycles. The number of ketones is 1. The molecule has 33 heavy (non-hydrogen) atoms. The van der Waals surface area contributed by atoms with Crippen molar-refractivity contribution in [3.63, 3.8) is 0 Å². The second-order valence-corrected chi connectivity index (χ2v) is 8.91. The van der Waals surface area contributed by atoms with Gasteiger partial charge in [-0.05, 0) is 67.1 Å². The van der Waals surface area contributed by atoms with Crippen LogP contribution in [0.3, 0.4) is 0 Å². The summed E-state index contributed by atoms with van der Waals surface area (Å²) >= 11 is 0. The molecule has 1 amide bonds. The molecule has 1 N–H and O–H groups in total. The first-order chi connectivity index (χ1) is 15.7. The van der Waals surface area contributed by atoms with Gasteiger partial charge in [-0.15, -0.1) is 0 Å². The SMILES string of the molecule is CCCN1C(=O)C(=O)/C(=C(/O)c2cc(C)c(OC)cc2C)C1c1cccc(OCC(C)C)c1. The second kappa shape index (κ2) is 10.1. The van der Waals surface area contributed by atoms with Crippen molar-refractivity contribution in [1.82, 2.24) is 4.90 Å². The molecule has 3 rings (SSSR count). The van der Waals surface area contributed by atoms with Gasteiger partial charge in [0.1, 0.15) is 17.3 Å². The van der Waals surface area contributed by atoms with Crippen molar-refractivity contribution in [3.05, 3.63) is 64.2 Å². The van der Waals surface area contributed by atoms with Crippen LogP contribution in [0.15, 0.2) is 42.0 Å². The van der Waals surface area contributed by atoms with Gasteiger partial charge in [0, 0.05) is 12.1 Å². The Morgan fingerprint density at radius 3 is 2.48 bits per heavy atom. The van der Waals surface area contributed by atoms with Crippen molar-refractivity contribution in [3.8, 4) is 11.5 Å². The second-order valence-electron chi connectivity index (χ2n) is 8.91. The average Bonchev–Trinajstić information content (AvgIpc) is 3.04. The maximum absolute atomic E-state index is 13.1. The van der Waals surface area contributed by atoms with Gasteiger partial charge in [-0.1, -0.05) is 32.9 Å². The summed E-state index contributed by atoms with van der Waals surface area (Å²) in [7, 11) is 1.59. The van der Waals surface area contributed by atoms with E-state index in [9.17, 15) is 14.7 Å². The van der Waals surface area contributed by atoms with Crippen LogP contribution in [0, 0.1) is 19.8 Å². The summed E-state index contributed by atoms with van der Waals surface area (Å²) in [6, 6.07) is 10.3. The number of methoxy groups -OCH3 is 1. The van der Waals surface area contributed by atoms with E-state index >= 15 is 0 Å². The molecular formula is C27H33NO5. The van der Waals surface area contributed by atoms with E-state index in [-0.39, 0.29) is 11.3 Å². The van der Waals surface area contributed by atoms with Gasteiger partial charge in [-0.2, -0.15) is 0 Å². The van der Waals surface area contributed by atoms with Crippen LogP contribution in [0.1, 0.15) is 55.5 Å². The van der Waals surface area contributed by atoms with Crippen molar-refractivity contribution in [2.24, 2.45) is 5.92 Å². The Morgan fingerprint density at radius 2 is 1.85 bits per heavy atom. The fraction of sp³-hybridized carbons (Fsp3) is 0.407. The van der Waals surface area contributed by atoms with Gasteiger partial charge in [0.05, 0.1) is 25.3 Å². The number of amides is 1. The van der Waals surface area contributed by atoms with Gasteiger partial charge in [-0.25, -0.2) is 0 Å². The largest absolute Gasteiger partial charge is 0.507 e. The number of aryl methyl sites for hydroxylation is 2. The summed E-state index contributed by atoms with van der Waals surface area (Å²) in [5, 5.41) is 11.3. The summed E-state index contributed by atoms with van der Waals surface area (Å²) in [6.45, 7) is 10.8. The van der Waals surface area contributed by atoms with Crippen molar-refractivity contribution < 1.29 is 24.2 Å². The first kappa shape index (κ1) is 24.4. The predicted molar refractivity (Wildman–Crippen MR) is 129 cm³/mol. The third-order valence-corrected chi connectivity index (χ3v) is 5.76. The number of nitrogens with zero attached hydrogens (tertiary/aromatic N) is 1. The Hall–Kier alpha value is -3.28. The zero-order chi connectivity index (χ0) is 24.3. The molecule has 0 spiro atoms. The molecular weight excluding hydrogens is 418 g/mol. The molecule has 0 saturated carbocycles. The zero-order valence-electron chi connectivity index (χ0n) is 20.3. The van der Waals surface area contributed by atoms with E-state index in [0.29, 0.717) is 42.6 Å². The van der Waals surface area contributed by atoms with Crippen LogP contribution in [0.25, 0.3) is 5.76 Å². The molecule has 6 heteroatoms. The van der Waals surface area contributed by atoms with Crippen LogP contribution in [0.2, 0.25) is 0 Å². The minimum Gasteiger partial charge on any atom is -0.507 e. The molecule has 6 nitrogen and oxygen atoms in total. The third kappa shape index (κ3) is 4.90. The van der Waals surface area contributed by atoms with Gasteiger partial charge in [0.25, 0.3) is 11.7 Å². The lowest BCUT2D eigenvalue weighted by Gasteiger charge is -2.25. The minimum atomic E-state index is -0.686. The van der Waals surface area contributed by atoms with E-state index in [1.165, 1.54) is 0 Å². The molecule has 2 aromatic rings. The number of carbonyl (C=O) groups is 2. The smallest absolute Gasteiger partial charge is 0.295 e. The Kier molecular flexibility index (Phi) is 7.46. The standard InChI is InChI=1S/C27H33NO5/c1-7-11-28-24(19-9-8-10-20(14-19)33-15-16(2)3)23(26(30)27(28)31)25(29)21-12-18(5)22(32-6)13-17(21)4/h8-10,12-14,16,24,29H,7,11,15H2,1-6H3/b25-23+. The Morgan fingerprint density at radius 1 is 1.12 bits per heavy atom. The summed E-state index contributed by atoms with van der Waals surface area (Å²) in [6.07, 6.45) is 0.688. The molecule has 0 bridgehead atoms. The lowest BCUT2D eigenvalue weighted by atomic mass is 9.93. The molecule has 0 aliphatic carbocycles. The number of likely N-dealkylation sites (tertiary alicyclic amines) is 1. The highest BCUT2D eigenvalue weighted by Gasteiger charge is 2.45. The highest BCUT2D eigenvalue weighted by Crippen LogP contribution is 2.41. The minimum absolute atomic E-state index is 0.0992. The normalized spacial score (nSPS) is 17.7. The molecule has 1 heterocycles. The molecule has 1 unspecified atom stereocenters. The molecule has 176 valence electrons. The fourth-order valence-electron chi connectivity index (χ4n) is 4.15. The van der Waals surface area contributed by atoms with Crippen molar-refractivity contribution in [2.45, 2.75) is 47.1 Å². The molecule has 2 aromatic carbocycles. The van der Waals surface area contributed by atoms with E-state index < -0.39 is 17.7 Å². The molecule has 1 aliphatic rings. The van der Waals surface area contributed by atoms with Crippen LogP contribution in [-0.2, 0) is 9.59 Å². The number of Topliss-reactive ketones (excluding diaryl/α,β-unsaturated/α-hetero) is 1. The van der Waals surface area contributed by atoms with E-state index in [1.807, 2.05) is 51.1 Å². The van der Waals surface area contributed by atoms with Crippen LogP contribution in [0.4, 0.5) is 0 Å². The lowest BCUT2D eigenvalue weighted by molar-refractivity contribution is -0.139. The number of hydrogen-bond acceptors (Lipinski definition) is 5. The maximum atomic E-state index is 13.1. The van der Waals surface area contributed by atoms with Gasteiger partial charge >= 0.3 is 0 Å². The molecule has 1 aliphatic heterocycles. The first-order valence-corrected chi connectivity index (χ1v) is 11.4. The Labute approximate surface area is 195 Å². The summed E-state index contributed by atoms with van der Waals surface area (Å²) in [5.74, 6) is 0.281. The summed E-state index contributed by atoms with van der Waals surface area (Å²) in [4.78, 5) is 27.6. The number of aliphatic hydroxyl groups is 1. The number of carbonyl (C=O) groups excluding carboxylic acids is 2. The molecule has 1 atom stereocenters. The third-order valence-electron chi connectivity index (χ3n) is 5.76. The number of hydrogen-bond donors (Lipinski definition) is 1. The summed E-state index contributed by atoms with van der Waals surface area (Å²) < 4.78 is 11.3. The highest BCUT2D eigenvalue weighted by molar-refractivity contribution is 6.46. The number of rotatable bonds is 8. The monoisotopic (exact) mass is 451 g/mol. The van der Waals surface area contributed by atoms with Crippen molar-refractivity contribution in [1.29, 1.82) is 0 Å². The lowest BCUT2D eigenvalue weighted by Crippen LogP contribution is -2.30. The number of aliphatic hydroxyl groups excluding tert-OH is 1. The topological polar surface area (TPSA) is 76.1 Å². The van der Waals surface area contributed by atoms with Gasteiger partial charge in [0.2, 0.25) is 0 Å². The van der Waals surface area contributed by atoms with Crippen LogP contribution < -0.4 is 9.47 Å². The van der Waals surface area contributed by atoms with Crippen LogP contribution >= 0.6 is 0 Å². The van der Waals surface area contributed by atoms with E-state index in [0.717, 1.165) is 16.7 Å². The number of benzene rings is 2. The van der Waals surface area contributed by atoms with Gasteiger partial charge in [-0.3, -0.25) is 9.59 Å². The fourth-order valence-corrected chi connectivity index (χ4v) is 4.15. The first-order valence-electron chi connectivity index (χ1n) is 11.4. The van der Waals surface area contributed by atoms with Gasteiger partial charge in [0.15, 0.2) is 0 Å². The number of ether oxygens (including phenoxy) is 2. The van der Waals surface area contributed by atoms with Gasteiger partial charge < -0.3 is 19.5 Å². The molecule has 0 radical (unpaired) electrons. The molecule has 1 saturated heterocycles. The zero-order valence-corrected chi connectivity index (χ0v) is 20.3. The quantitative estimate of drug-likeness (QED) is 0.340. The Balaban J connectivity index is 2.17. The summed E-state index contributed by atoms with van der Waals surface area (Å²) in [5.41, 5.74) is 2.92. The van der Waals surface area contributed by atoms with Crippen molar-refractivity contribution >= 4 is 17.4 Å². The highest BCUT2D eigenvalue weighted by atomic mass is 16.5. The van der Waals surface area contributed by atoms with E-state index in [2.05, 4.69) is 13.8 Å². The van der Waals surface area contributed by atoms with E-state index in [1.54, 1.807) is 18.1 Å². The van der Waals surface area contributed by atoms with Crippen molar-refractivity contribution in [2.75, 3.05) is 20.3 Å². The van der Waals surface area contributed by atoms with E-state index in [4.69, 9.17) is 9.47 Å².